The van der Waals surface area contributed by atoms with Gasteiger partial charge in [-0.05, 0) is 57.8 Å². The zero-order chi connectivity index (χ0) is 17.8. The third-order valence-corrected chi connectivity index (χ3v) is 6.12. The maximum Gasteiger partial charge on any atom is 0.194 e. The van der Waals surface area contributed by atoms with Gasteiger partial charge < -0.3 is 19.4 Å². The Morgan fingerprint density at radius 2 is 2.15 bits per heavy atom. The molecule has 3 aliphatic heterocycles. The van der Waals surface area contributed by atoms with Gasteiger partial charge in [-0.2, -0.15) is 0 Å². The topological polar surface area (TPSA) is 53.2 Å². The van der Waals surface area contributed by atoms with Crippen molar-refractivity contribution in [3.05, 3.63) is 24.2 Å². The van der Waals surface area contributed by atoms with Crippen molar-refractivity contribution in [3.8, 4) is 0 Å². The van der Waals surface area contributed by atoms with Crippen LogP contribution in [0.3, 0.4) is 0 Å². The fraction of sp³-hybridized carbons (Fsp3) is 0.750. The molecule has 3 saturated heterocycles. The van der Waals surface area contributed by atoms with Crippen molar-refractivity contribution in [2.24, 2.45) is 10.4 Å². The molecular formula is C20H33IN4O2. The fourth-order valence-corrected chi connectivity index (χ4v) is 4.61. The van der Waals surface area contributed by atoms with Gasteiger partial charge in [-0.3, -0.25) is 9.89 Å². The molecule has 0 aliphatic carbocycles. The standard InChI is InChI=1S/C20H32N4O2.HI/c1-2-21-19(24-11-7-20(15-24)8-13-25-16-20)22-14-17(18-6-5-12-26-18)23-9-3-4-10-23;/h5-6,12,17H,2-4,7-11,13-16H2,1H3,(H,21,22);1H. The van der Waals surface area contributed by atoms with E-state index in [1.807, 2.05) is 6.07 Å². The predicted molar refractivity (Wildman–Crippen MR) is 118 cm³/mol. The van der Waals surface area contributed by atoms with Crippen LogP contribution in [0, 0.1) is 5.41 Å². The number of halogens is 1. The van der Waals surface area contributed by atoms with Crippen molar-refractivity contribution in [2.75, 3.05) is 52.5 Å². The Bertz CT molecular complexity index is 595. The van der Waals surface area contributed by atoms with E-state index in [4.69, 9.17) is 14.1 Å². The molecule has 6 nitrogen and oxygen atoms in total. The van der Waals surface area contributed by atoms with Crippen LogP contribution in [0.5, 0.6) is 0 Å². The lowest BCUT2D eigenvalue weighted by atomic mass is 9.87. The van der Waals surface area contributed by atoms with E-state index in [9.17, 15) is 0 Å². The first kappa shape index (κ1) is 20.9. The van der Waals surface area contributed by atoms with Gasteiger partial charge in [-0.25, -0.2) is 0 Å². The van der Waals surface area contributed by atoms with Gasteiger partial charge >= 0.3 is 0 Å². The second kappa shape index (κ2) is 9.60. The largest absolute Gasteiger partial charge is 0.468 e. The Kier molecular flexibility index (Phi) is 7.44. The number of hydrogen-bond donors (Lipinski definition) is 1. The highest BCUT2D eigenvalue weighted by molar-refractivity contribution is 14.0. The Hall–Kier alpha value is -0.800. The highest BCUT2D eigenvalue weighted by Gasteiger charge is 2.42. The summed E-state index contributed by atoms with van der Waals surface area (Å²) >= 11 is 0. The predicted octanol–water partition coefficient (Wildman–Crippen LogP) is 3.11. The molecule has 4 heterocycles. The van der Waals surface area contributed by atoms with Crippen LogP contribution in [-0.4, -0.2) is 68.2 Å². The number of likely N-dealkylation sites (tertiary alicyclic amines) is 2. The first-order valence-corrected chi connectivity index (χ1v) is 10.2. The van der Waals surface area contributed by atoms with Crippen LogP contribution < -0.4 is 5.32 Å². The summed E-state index contributed by atoms with van der Waals surface area (Å²) in [4.78, 5) is 9.99. The molecule has 152 valence electrons. The van der Waals surface area contributed by atoms with Crippen molar-refractivity contribution < 1.29 is 9.15 Å². The minimum Gasteiger partial charge on any atom is -0.468 e. The lowest BCUT2D eigenvalue weighted by Crippen LogP contribution is -2.42. The molecule has 0 saturated carbocycles. The number of nitrogens with zero attached hydrogens (tertiary/aromatic N) is 3. The molecule has 1 N–H and O–H groups in total. The van der Waals surface area contributed by atoms with Gasteiger partial charge in [-0.15, -0.1) is 24.0 Å². The quantitative estimate of drug-likeness (QED) is 0.392. The van der Waals surface area contributed by atoms with E-state index in [-0.39, 0.29) is 30.0 Å². The maximum atomic E-state index is 5.74. The molecule has 1 aromatic rings. The first-order valence-electron chi connectivity index (χ1n) is 10.2. The van der Waals surface area contributed by atoms with E-state index in [2.05, 4.69) is 28.1 Å². The molecule has 1 aromatic heterocycles. The molecule has 4 rings (SSSR count). The SMILES string of the molecule is CCNC(=NCC(c1ccco1)N1CCCC1)N1CCC2(CCOC2)C1.I. The minimum atomic E-state index is 0. The van der Waals surface area contributed by atoms with E-state index >= 15 is 0 Å². The average Bonchev–Trinajstić information content (AvgIpc) is 3.45. The lowest BCUT2D eigenvalue weighted by Gasteiger charge is -2.27. The Balaban J connectivity index is 0.00000210. The highest BCUT2D eigenvalue weighted by atomic mass is 127. The van der Waals surface area contributed by atoms with Crippen LogP contribution in [0.2, 0.25) is 0 Å². The molecule has 2 atom stereocenters. The number of nitrogens with one attached hydrogen (secondary N) is 1. The van der Waals surface area contributed by atoms with E-state index in [0.717, 1.165) is 64.2 Å². The van der Waals surface area contributed by atoms with Crippen molar-refractivity contribution in [1.82, 2.24) is 15.1 Å². The molecule has 1 spiro atoms. The molecule has 3 aliphatic rings. The van der Waals surface area contributed by atoms with Gasteiger partial charge in [0.05, 0.1) is 25.5 Å². The molecule has 3 fully saturated rings. The molecule has 0 bridgehead atoms. The zero-order valence-electron chi connectivity index (χ0n) is 16.4. The van der Waals surface area contributed by atoms with Crippen molar-refractivity contribution in [3.63, 3.8) is 0 Å². The number of guanidine groups is 1. The summed E-state index contributed by atoms with van der Waals surface area (Å²) in [6.07, 6.45) is 6.72. The molecule has 0 radical (unpaired) electrons. The Labute approximate surface area is 179 Å². The number of rotatable bonds is 5. The van der Waals surface area contributed by atoms with Crippen LogP contribution in [0.4, 0.5) is 0 Å². The monoisotopic (exact) mass is 488 g/mol. The zero-order valence-corrected chi connectivity index (χ0v) is 18.7. The summed E-state index contributed by atoms with van der Waals surface area (Å²) < 4.78 is 11.4. The van der Waals surface area contributed by atoms with Crippen molar-refractivity contribution in [2.45, 2.75) is 38.6 Å². The average molecular weight is 488 g/mol. The minimum absolute atomic E-state index is 0. The normalized spacial score (nSPS) is 27.3. The summed E-state index contributed by atoms with van der Waals surface area (Å²) in [5, 5.41) is 3.51. The van der Waals surface area contributed by atoms with Crippen molar-refractivity contribution >= 4 is 29.9 Å². The summed E-state index contributed by atoms with van der Waals surface area (Å²) in [5.41, 5.74) is 0.353. The van der Waals surface area contributed by atoms with Gasteiger partial charge in [0.1, 0.15) is 5.76 Å². The summed E-state index contributed by atoms with van der Waals surface area (Å²) in [6.45, 7) is 10.0. The van der Waals surface area contributed by atoms with Crippen LogP contribution in [0.25, 0.3) is 0 Å². The van der Waals surface area contributed by atoms with Crippen LogP contribution in [-0.2, 0) is 4.74 Å². The molecule has 0 amide bonds. The van der Waals surface area contributed by atoms with Crippen LogP contribution >= 0.6 is 24.0 Å². The van der Waals surface area contributed by atoms with Gasteiger partial charge in [-0.1, -0.05) is 0 Å². The number of furan rings is 1. The fourth-order valence-electron chi connectivity index (χ4n) is 4.61. The van der Waals surface area contributed by atoms with E-state index in [1.165, 1.54) is 25.7 Å². The van der Waals surface area contributed by atoms with Crippen LogP contribution in [0.15, 0.2) is 27.8 Å². The van der Waals surface area contributed by atoms with Crippen molar-refractivity contribution in [1.29, 1.82) is 0 Å². The van der Waals surface area contributed by atoms with Gasteiger partial charge in [0, 0.05) is 31.7 Å². The highest BCUT2D eigenvalue weighted by Crippen LogP contribution is 2.38. The lowest BCUT2D eigenvalue weighted by molar-refractivity contribution is 0.156. The third-order valence-electron chi connectivity index (χ3n) is 6.12. The number of hydrogen-bond acceptors (Lipinski definition) is 4. The summed E-state index contributed by atoms with van der Waals surface area (Å²) in [7, 11) is 0. The molecule has 7 heteroatoms. The molecule has 27 heavy (non-hydrogen) atoms. The van der Waals surface area contributed by atoms with E-state index in [0.29, 0.717) is 5.41 Å². The smallest absolute Gasteiger partial charge is 0.194 e. The van der Waals surface area contributed by atoms with E-state index in [1.54, 1.807) is 6.26 Å². The Morgan fingerprint density at radius 3 is 2.81 bits per heavy atom. The number of aliphatic imine (C=N–C) groups is 1. The molecular weight excluding hydrogens is 455 g/mol. The molecule has 2 unspecified atom stereocenters. The third kappa shape index (κ3) is 4.79. The first-order chi connectivity index (χ1) is 12.8. The maximum absolute atomic E-state index is 5.74. The summed E-state index contributed by atoms with van der Waals surface area (Å²) in [6, 6.07) is 4.32. The summed E-state index contributed by atoms with van der Waals surface area (Å²) in [5.74, 6) is 2.08. The van der Waals surface area contributed by atoms with Gasteiger partial charge in [0.2, 0.25) is 0 Å². The second-order valence-electron chi connectivity index (χ2n) is 7.94. The van der Waals surface area contributed by atoms with Gasteiger partial charge in [0.25, 0.3) is 0 Å². The second-order valence-corrected chi connectivity index (χ2v) is 7.94. The Morgan fingerprint density at radius 1 is 1.30 bits per heavy atom. The van der Waals surface area contributed by atoms with Crippen LogP contribution in [0.1, 0.15) is 44.4 Å². The van der Waals surface area contributed by atoms with Gasteiger partial charge in [0.15, 0.2) is 5.96 Å². The van der Waals surface area contributed by atoms with E-state index < -0.39 is 0 Å². The molecule has 0 aromatic carbocycles. The number of ether oxygens (including phenoxy) is 1.